The smallest absolute Gasteiger partial charge is 0.263 e. The summed E-state index contributed by atoms with van der Waals surface area (Å²) in [5, 5.41) is 1.43. The molecule has 2 aromatic carbocycles. The number of ether oxygens (including phenoxy) is 2. The van der Waals surface area contributed by atoms with E-state index in [9.17, 15) is 4.79 Å². The van der Waals surface area contributed by atoms with Gasteiger partial charge in [0.15, 0.2) is 0 Å². The average Bonchev–Trinajstić information content (AvgIpc) is 3.25. The van der Waals surface area contributed by atoms with Crippen molar-refractivity contribution < 1.29 is 9.47 Å². The van der Waals surface area contributed by atoms with Crippen molar-refractivity contribution in [2.45, 2.75) is 48.4 Å². The van der Waals surface area contributed by atoms with Gasteiger partial charge in [0.2, 0.25) is 0 Å². The predicted molar refractivity (Wildman–Crippen MR) is 157 cm³/mol. The van der Waals surface area contributed by atoms with Crippen LogP contribution in [0.15, 0.2) is 69.8 Å². The molecule has 1 spiro atoms. The maximum Gasteiger partial charge on any atom is 0.263 e. The third-order valence-corrected chi connectivity index (χ3v) is 9.63. The van der Waals surface area contributed by atoms with Gasteiger partial charge in [-0.3, -0.25) is 9.36 Å². The molecule has 0 aliphatic carbocycles. The number of fused-ring (bicyclic) bond motifs is 1. The molecule has 2 aromatic heterocycles. The first kappa shape index (κ1) is 27.0. The fourth-order valence-electron chi connectivity index (χ4n) is 5.64. The molecule has 2 aliphatic rings. The number of hydrogen-bond acceptors (Lipinski definition) is 9. The molecule has 2 atom stereocenters. The molecular weight excluding hydrogens is 548 g/mol. The summed E-state index contributed by atoms with van der Waals surface area (Å²) in [5.74, 6) is 1.57. The molecule has 40 heavy (non-hydrogen) atoms. The van der Waals surface area contributed by atoms with Crippen LogP contribution in [-0.2, 0) is 11.3 Å². The van der Waals surface area contributed by atoms with Crippen LogP contribution in [0.5, 0.6) is 5.75 Å². The van der Waals surface area contributed by atoms with Gasteiger partial charge in [-0.15, -0.1) is 0 Å². The van der Waals surface area contributed by atoms with E-state index in [4.69, 9.17) is 26.8 Å². The highest BCUT2D eigenvalue weighted by Crippen LogP contribution is 2.42. The molecule has 4 aromatic rings. The van der Waals surface area contributed by atoms with E-state index in [1.165, 1.54) is 11.8 Å². The zero-order chi connectivity index (χ0) is 27.9. The summed E-state index contributed by atoms with van der Waals surface area (Å²) in [6, 6.07) is 11.3. The van der Waals surface area contributed by atoms with E-state index >= 15 is 0 Å². The minimum absolute atomic E-state index is 0.0629. The summed E-state index contributed by atoms with van der Waals surface area (Å²) in [7, 11) is 1.62. The lowest BCUT2D eigenvalue weighted by Gasteiger charge is -2.41. The van der Waals surface area contributed by atoms with E-state index in [0.717, 1.165) is 54.6 Å². The van der Waals surface area contributed by atoms with Crippen LogP contribution in [-0.4, -0.2) is 58.5 Å². The molecule has 11 heteroatoms. The Morgan fingerprint density at radius 3 is 2.70 bits per heavy atom. The fourth-order valence-corrected chi connectivity index (χ4v) is 6.76. The Bertz CT molecular complexity index is 1590. The van der Waals surface area contributed by atoms with Gasteiger partial charge in [0.05, 0.1) is 61.0 Å². The Morgan fingerprint density at radius 1 is 1.18 bits per heavy atom. The quantitative estimate of drug-likeness (QED) is 0.356. The lowest BCUT2D eigenvalue weighted by molar-refractivity contribution is 0.0974. The summed E-state index contributed by atoms with van der Waals surface area (Å²) in [4.78, 5) is 30.2. The van der Waals surface area contributed by atoms with Crippen LogP contribution >= 0.6 is 23.4 Å². The van der Waals surface area contributed by atoms with Crippen molar-refractivity contribution in [1.82, 2.24) is 19.5 Å². The molecule has 0 bridgehead atoms. The van der Waals surface area contributed by atoms with Gasteiger partial charge in [0.1, 0.15) is 16.6 Å². The number of anilines is 1. The number of benzene rings is 2. The van der Waals surface area contributed by atoms with Crippen molar-refractivity contribution >= 4 is 40.1 Å². The van der Waals surface area contributed by atoms with Crippen molar-refractivity contribution in [1.29, 1.82) is 0 Å². The van der Waals surface area contributed by atoms with Crippen molar-refractivity contribution in [2.24, 2.45) is 11.1 Å². The fraction of sp³-hybridized carbons (Fsp3) is 0.379. The van der Waals surface area contributed by atoms with E-state index in [1.54, 1.807) is 30.4 Å². The van der Waals surface area contributed by atoms with Crippen LogP contribution < -0.4 is 20.9 Å². The van der Waals surface area contributed by atoms with Gasteiger partial charge in [-0.1, -0.05) is 35.5 Å². The highest BCUT2D eigenvalue weighted by atomic mass is 35.5. The summed E-state index contributed by atoms with van der Waals surface area (Å²) < 4.78 is 12.7. The summed E-state index contributed by atoms with van der Waals surface area (Å²) in [5.41, 5.74) is 7.80. The van der Waals surface area contributed by atoms with Crippen LogP contribution in [0.1, 0.15) is 25.3 Å². The number of rotatable bonds is 6. The molecule has 6 rings (SSSR count). The Balaban J connectivity index is 1.18. The molecule has 9 nitrogen and oxygen atoms in total. The SMILES string of the molecule is COc1cccc(Cn2cnc3ccc(Sc4cnc(N5CCC6(CC5)CO[C@@H](C)[C@H]6N)cn4)c(Cl)c3c2=O)c1. The molecule has 2 saturated heterocycles. The summed E-state index contributed by atoms with van der Waals surface area (Å²) in [6.07, 6.45) is 7.16. The van der Waals surface area contributed by atoms with Gasteiger partial charge < -0.3 is 20.1 Å². The van der Waals surface area contributed by atoms with Gasteiger partial charge in [0.25, 0.3) is 5.56 Å². The second-order valence-corrected chi connectivity index (χ2v) is 11.9. The molecule has 208 valence electrons. The minimum atomic E-state index is -0.202. The zero-order valence-electron chi connectivity index (χ0n) is 22.4. The predicted octanol–water partition coefficient (Wildman–Crippen LogP) is 4.38. The molecule has 0 radical (unpaired) electrons. The van der Waals surface area contributed by atoms with Gasteiger partial charge in [0, 0.05) is 29.4 Å². The Hall–Kier alpha value is -3.18. The van der Waals surface area contributed by atoms with Crippen LogP contribution in [0.25, 0.3) is 10.9 Å². The van der Waals surface area contributed by atoms with Crippen molar-refractivity contribution in [2.75, 3.05) is 31.7 Å². The highest BCUT2D eigenvalue weighted by Gasteiger charge is 2.47. The lowest BCUT2D eigenvalue weighted by Crippen LogP contribution is -2.50. The first-order valence-corrected chi connectivity index (χ1v) is 14.5. The van der Waals surface area contributed by atoms with Crippen LogP contribution in [0.4, 0.5) is 5.82 Å². The van der Waals surface area contributed by atoms with Crippen LogP contribution in [0.3, 0.4) is 0 Å². The first-order chi connectivity index (χ1) is 19.4. The Labute approximate surface area is 241 Å². The highest BCUT2D eigenvalue weighted by molar-refractivity contribution is 7.99. The molecule has 0 amide bonds. The topological polar surface area (TPSA) is 108 Å². The molecule has 4 heterocycles. The first-order valence-electron chi connectivity index (χ1n) is 13.3. The van der Waals surface area contributed by atoms with Gasteiger partial charge in [-0.25, -0.2) is 15.0 Å². The molecule has 0 saturated carbocycles. The molecular formula is C29H31ClN6O3S. The Morgan fingerprint density at radius 2 is 2.00 bits per heavy atom. The Kier molecular flexibility index (Phi) is 7.43. The van der Waals surface area contributed by atoms with E-state index in [-0.39, 0.29) is 23.1 Å². The third kappa shape index (κ3) is 5.05. The third-order valence-electron chi connectivity index (χ3n) is 8.14. The molecule has 2 aliphatic heterocycles. The molecule has 2 N–H and O–H groups in total. The average molecular weight is 579 g/mol. The van der Waals surface area contributed by atoms with E-state index < -0.39 is 0 Å². The maximum atomic E-state index is 13.4. The van der Waals surface area contributed by atoms with Crippen molar-refractivity contribution in [3.63, 3.8) is 0 Å². The van der Waals surface area contributed by atoms with Gasteiger partial charge in [-0.2, -0.15) is 0 Å². The van der Waals surface area contributed by atoms with Crippen LogP contribution in [0.2, 0.25) is 5.02 Å². The van der Waals surface area contributed by atoms with Gasteiger partial charge >= 0.3 is 0 Å². The monoisotopic (exact) mass is 578 g/mol. The summed E-state index contributed by atoms with van der Waals surface area (Å²) in [6.45, 7) is 4.89. The van der Waals surface area contributed by atoms with E-state index in [0.29, 0.717) is 27.5 Å². The number of methoxy groups -OCH3 is 1. The van der Waals surface area contributed by atoms with Crippen LogP contribution in [0, 0.1) is 5.41 Å². The lowest BCUT2D eigenvalue weighted by atomic mass is 9.73. The van der Waals surface area contributed by atoms with Crippen molar-refractivity contribution in [3.05, 3.63) is 76.1 Å². The number of aromatic nitrogens is 4. The van der Waals surface area contributed by atoms with E-state index in [2.05, 4.69) is 26.8 Å². The molecule has 0 unspecified atom stereocenters. The molecule has 2 fully saturated rings. The largest absolute Gasteiger partial charge is 0.497 e. The second kappa shape index (κ2) is 11.0. The standard InChI is InChI=1S/C29H31ClN6O3S/c1-18-27(31)29(16-39-18)8-10-35(11-9-29)23-13-33-24(14-32-23)40-22-7-6-21-25(26(22)30)28(37)36(17-34-21)15-19-4-3-5-20(12-19)38-2/h3-7,12-14,17-18,27H,8-11,15-16,31H2,1-2H3/t18-,27+/m0/s1. The number of piperidine rings is 1. The summed E-state index contributed by atoms with van der Waals surface area (Å²) >= 11 is 8.16. The zero-order valence-corrected chi connectivity index (χ0v) is 24.0. The van der Waals surface area contributed by atoms with Gasteiger partial charge in [-0.05, 0) is 49.6 Å². The number of halogens is 1. The number of nitrogens with two attached hydrogens (primary N) is 1. The maximum absolute atomic E-state index is 13.4. The normalized spacial score (nSPS) is 20.4. The second-order valence-electron chi connectivity index (χ2n) is 10.5. The van der Waals surface area contributed by atoms with E-state index in [1.807, 2.05) is 36.4 Å². The number of nitrogens with zero attached hydrogens (tertiary/aromatic N) is 5. The number of hydrogen-bond donors (Lipinski definition) is 1. The van der Waals surface area contributed by atoms with Crippen molar-refractivity contribution in [3.8, 4) is 5.75 Å². The minimum Gasteiger partial charge on any atom is -0.497 e.